The topological polar surface area (TPSA) is 55.9 Å². The molecule has 1 saturated carbocycles. The van der Waals surface area contributed by atoms with Crippen molar-refractivity contribution in [3.63, 3.8) is 0 Å². The van der Waals surface area contributed by atoms with Crippen LogP contribution in [0.2, 0.25) is 0 Å². The van der Waals surface area contributed by atoms with Crippen molar-refractivity contribution in [3.8, 4) is 0 Å². The number of para-hydroxylation sites is 2. The van der Waals surface area contributed by atoms with Gasteiger partial charge in [0.05, 0.1) is 11.4 Å². The lowest BCUT2D eigenvalue weighted by Crippen LogP contribution is -2.53. The van der Waals surface area contributed by atoms with Crippen LogP contribution in [-0.2, 0) is 4.79 Å². The number of nitrogens with zero attached hydrogens (tertiary/aromatic N) is 3. The Morgan fingerprint density at radius 2 is 1.43 bits per heavy atom. The van der Waals surface area contributed by atoms with Gasteiger partial charge in [-0.05, 0) is 37.8 Å². The van der Waals surface area contributed by atoms with Crippen LogP contribution in [0, 0.1) is 5.92 Å². The number of hydrogen-bond donors (Lipinski definition) is 1. The quantitative estimate of drug-likeness (QED) is 0.867. The van der Waals surface area contributed by atoms with Crippen molar-refractivity contribution >= 4 is 23.3 Å². The molecule has 1 aliphatic carbocycles. The van der Waals surface area contributed by atoms with Crippen LogP contribution >= 0.6 is 0 Å². The van der Waals surface area contributed by atoms with E-state index in [1.165, 1.54) is 32.1 Å². The first kappa shape index (κ1) is 19.1. The Hall–Kier alpha value is -2.24. The molecule has 28 heavy (non-hydrogen) atoms. The number of hydrogen-bond acceptors (Lipinski definition) is 3. The molecule has 1 aromatic rings. The normalized spacial score (nSPS) is 21.1. The zero-order valence-electron chi connectivity index (χ0n) is 16.7. The Balaban J connectivity index is 1.31. The van der Waals surface area contributed by atoms with Gasteiger partial charge in [0.2, 0.25) is 5.91 Å². The third-order valence-electron chi connectivity index (χ3n) is 6.43. The molecule has 2 heterocycles. The number of carbonyl (C=O) groups is 2. The van der Waals surface area contributed by atoms with Crippen molar-refractivity contribution in [2.45, 2.75) is 44.9 Å². The van der Waals surface area contributed by atoms with Crippen LogP contribution in [-0.4, -0.2) is 61.0 Å². The van der Waals surface area contributed by atoms with Gasteiger partial charge >= 0.3 is 6.03 Å². The molecule has 6 heteroatoms. The van der Waals surface area contributed by atoms with Gasteiger partial charge in [-0.3, -0.25) is 4.79 Å². The third-order valence-corrected chi connectivity index (χ3v) is 6.43. The molecule has 6 nitrogen and oxygen atoms in total. The average molecular weight is 385 g/mol. The molecule has 1 aromatic carbocycles. The lowest BCUT2D eigenvalue weighted by Gasteiger charge is -2.37. The van der Waals surface area contributed by atoms with Gasteiger partial charge in [0.15, 0.2) is 0 Å². The Morgan fingerprint density at radius 3 is 2.14 bits per heavy atom. The maximum Gasteiger partial charge on any atom is 0.322 e. The molecular formula is C22H32N4O2. The van der Waals surface area contributed by atoms with Crippen molar-refractivity contribution in [1.29, 1.82) is 0 Å². The highest BCUT2D eigenvalue weighted by atomic mass is 16.2. The fourth-order valence-corrected chi connectivity index (χ4v) is 4.75. The minimum atomic E-state index is -0.0589. The van der Waals surface area contributed by atoms with Gasteiger partial charge in [-0.1, -0.05) is 31.4 Å². The smallest absolute Gasteiger partial charge is 0.322 e. The summed E-state index contributed by atoms with van der Waals surface area (Å²) in [6, 6.07) is 8.00. The summed E-state index contributed by atoms with van der Waals surface area (Å²) in [6.45, 7) is 4.61. The van der Waals surface area contributed by atoms with Crippen LogP contribution < -0.4 is 10.2 Å². The van der Waals surface area contributed by atoms with E-state index in [9.17, 15) is 9.59 Å². The molecule has 152 valence electrons. The van der Waals surface area contributed by atoms with Crippen LogP contribution in [0.5, 0.6) is 0 Å². The summed E-state index contributed by atoms with van der Waals surface area (Å²) in [6.07, 6.45) is 8.10. The third kappa shape index (κ3) is 4.26. The highest BCUT2D eigenvalue weighted by Gasteiger charge is 2.30. The molecule has 4 rings (SSSR count). The molecule has 0 unspecified atom stereocenters. The SMILES string of the molecule is O=C(Nc1ccccc1N1CCCC1)N1CCN(C(=O)C2CCCCC2)CC1. The van der Waals surface area contributed by atoms with E-state index < -0.39 is 0 Å². The first-order chi connectivity index (χ1) is 13.7. The molecule has 0 radical (unpaired) electrons. The lowest BCUT2D eigenvalue weighted by atomic mass is 9.88. The maximum absolute atomic E-state index is 12.8. The number of rotatable bonds is 3. The van der Waals surface area contributed by atoms with E-state index in [4.69, 9.17) is 0 Å². The van der Waals surface area contributed by atoms with E-state index in [2.05, 4.69) is 16.3 Å². The minimum Gasteiger partial charge on any atom is -0.370 e. The van der Waals surface area contributed by atoms with E-state index in [1.807, 2.05) is 28.0 Å². The van der Waals surface area contributed by atoms with Crippen molar-refractivity contribution in [2.24, 2.45) is 5.92 Å². The summed E-state index contributed by atoms with van der Waals surface area (Å²) in [4.78, 5) is 31.7. The van der Waals surface area contributed by atoms with Gasteiger partial charge in [-0.2, -0.15) is 0 Å². The lowest BCUT2D eigenvalue weighted by molar-refractivity contribution is -0.138. The fourth-order valence-electron chi connectivity index (χ4n) is 4.75. The number of nitrogens with one attached hydrogen (secondary N) is 1. The molecule has 0 atom stereocenters. The molecule has 0 spiro atoms. The Labute approximate surface area is 167 Å². The molecule has 2 aliphatic heterocycles. The van der Waals surface area contributed by atoms with E-state index in [0.717, 1.165) is 37.3 Å². The van der Waals surface area contributed by atoms with Gasteiger partial charge in [0.25, 0.3) is 0 Å². The van der Waals surface area contributed by atoms with E-state index in [-0.39, 0.29) is 11.9 Å². The molecule has 0 bridgehead atoms. The highest BCUT2D eigenvalue weighted by molar-refractivity contribution is 5.93. The zero-order chi connectivity index (χ0) is 19.3. The first-order valence-electron chi connectivity index (χ1n) is 10.9. The number of carbonyl (C=O) groups excluding carboxylic acids is 2. The molecule has 0 aromatic heterocycles. The summed E-state index contributed by atoms with van der Waals surface area (Å²) in [5.74, 6) is 0.514. The summed E-state index contributed by atoms with van der Waals surface area (Å²) in [7, 11) is 0. The van der Waals surface area contributed by atoms with Gasteiger partial charge in [-0.25, -0.2) is 4.79 Å². The number of piperazine rings is 1. The van der Waals surface area contributed by atoms with Crippen LogP contribution in [0.25, 0.3) is 0 Å². The number of anilines is 2. The molecule has 2 saturated heterocycles. The molecule has 3 aliphatic rings. The number of urea groups is 1. The molecule has 3 fully saturated rings. The van der Waals surface area contributed by atoms with Crippen molar-refractivity contribution in [3.05, 3.63) is 24.3 Å². The second kappa shape index (κ2) is 8.84. The van der Waals surface area contributed by atoms with Crippen molar-refractivity contribution < 1.29 is 9.59 Å². The maximum atomic E-state index is 12.8. The summed E-state index contributed by atoms with van der Waals surface area (Å²) < 4.78 is 0. The first-order valence-corrected chi connectivity index (χ1v) is 10.9. The summed E-state index contributed by atoms with van der Waals surface area (Å²) in [5, 5.41) is 3.11. The monoisotopic (exact) mass is 384 g/mol. The number of benzene rings is 1. The molecule has 3 amide bonds. The van der Waals surface area contributed by atoms with Crippen LogP contribution in [0.3, 0.4) is 0 Å². The van der Waals surface area contributed by atoms with Gasteiger partial charge in [-0.15, -0.1) is 0 Å². The average Bonchev–Trinajstić information content (AvgIpc) is 3.29. The zero-order valence-corrected chi connectivity index (χ0v) is 16.7. The van der Waals surface area contributed by atoms with Crippen molar-refractivity contribution in [1.82, 2.24) is 9.80 Å². The second-order valence-corrected chi connectivity index (χ2v) is 8.29. The van der Waals surface area contributed by atoms with Crippen LogP contribution in [0.1, 0.15) is 44.9 Å². The molecular weight excluding hydrogens is 352 g/mol. The predicted octanol–water partition coefficient (Wildman–Crippen LogP) is 3.54. The Kier molecular flexibility index (Phi) is 6.03. The molecule has 1 N–H and O–H groups in total. The Morgan fingerprint density at radius 1 is 0.786 bits per heavy atom. The highest BCUT2D eigenvalue weighted by Crippen LogP contribution is 2.29. The summed E-state index contributed by atoms with van der Waals surface area (Å²) in [5.41, 5.74) is 1.99. The van der Waals surface area contributed by atoms with E-state index in [1.54, 1.807) is 0 Å². The summed E-state index contributed by atoms with van der Waals surface area (Å²) >= 11 is 0. The van der Waals surface area contributed by atoms with Crippen LogP contribution in [0.15, 0.2) is 24.3 Å². The van der Waals surface area contributed by atoms with Gasteiger partial charge in [0.1, 0.15) is 0 Å². The second-order valence-electron chi connectivity index (χ2n) is 8.29. The largest absolute Gasteiger partial charge is 0.370 e. The Bertz CT molecular complexity index is 688. The van der Waals surface area contributed by atoms with Gasteiger partial charge < -0.3 is 20.0 Å². The van der Waals surface area contributed by atoms with E-state index >= 15 is 0 Å². The van der Waals surface area contributed by atoms with Crippen molar-refractivity contribution in [2.75, 3.05) is 49.5 Å². The van der Waals surface area contributed by atoms with Gasteiger partial charge in [0, 0.05) is 45.2 Å². The fraction of sp³-hybridized carbons (Fsp3) is 0.636. The minimum absolute atomic E-state index is 0.0589. The standard InChI is InChI=1S/C22H32N4O2/c27-21(18-8-2-1-3-9-18)25-14-16-26(17-15-25)22(28)23-19-10-4-5-11-20(19)24-12-6-7-13-24/h4-5,10-11,18H,1-3,6-9,12-17H2,(H,23,28). The van der Waals surface area contributed by atoms with Crippen LogP contribution in [0.4, 0.5) is 16.2 Å². The number of amides is 3. The van der Waals surface area contributed by atoms with E-state index in [0.29, 0.717) is 32.1 Å². The predicted molar refractivity (Wildman–Crippen MR) is 112 cm³/mol.